The Hall–Kier alpha value is -4.90. The van der Waals surface area contributed by atoms with E-state index in [2.05, 4.69) is 10.6 Å². The van der Waals surface area contributed by atoms with Crippen molar-refractivity contribution in [1.82, 2.24) is 15.5 Å². The first-order valence-electron chi connectivity index (χ1n) is 14.4. The normalized spacial score (nSPS) is 18.3. The van der Waals surface area contributed by atoms with Crippen LogP contribution in [-0.2, 0) is 28.7 Å². The first kappa shape index (κ1) is 31.5. The van der Waals surface area contributed by atoms with Gasteiger partial charge in [-0.25, -0.2) is 9.59 Å². The second-order valence-electron chi connectivity index (χ2n) is 11.5. The topological polar surface area (TPSA) is 131 Å². The van der Waals surface area contributed by atoms with Crippen molar-refractivity contribution in [2.45, 2.75) is 49.9 Å². The first-order chi connectivity index (χ1) is 21.6. The van der Waals surface area contributed by atoms with Crippen molar-refractivity contribution in [1.29, 1.82) is 0 Å². The van der Waals surface area contributed by atoms with Gasteiger partial charge in [0.15, 0.2) is 6.10 Å². The highest BCUT2D eigenvalue weighted by Crippen LogP contribution is 2.41. The van der Waals surface area contributed by atoms with Crippen LogP contribution in [0.5, 0.6) is 0 Å². The van der Waals surface area contributed by atoms with Crippen molar-refractivity contribution < 1.29 is 33.4 Å². The van der Waals surface area contributed by atoms with Gasteiger partial charge in [0.2, 0.25) is 5.91 Å². The molecule has 0 saturated carbocycles. The van der Waals surface area contributed by atoms with Gasteiger partial charge in [-0.1, -0.05) is 91.0 Å². The van der Waals surface area contributed by atoms with Gasteiger partial charge in [0.05, 0.1) is 0 Å². The van der Waals surface area contributed by atoms with Crippen molar-refractivity contribution in [3.8, 4) is 0 Å². The quantitative estimate of drug-likeness (QED) is 0.202. The van der Waals surface area contributed by atoms with E-state index in [0.717, 1.165) is 11.1 Å². The third-order valence-electron chi connectivity index (χ3n) is 7.12. The standard InChI is InChI=1S/C34H33N3O7S/c1-34(2,3)44-33(42)36-25(21-13-7-4-8-14-21)29(39)35-26-30(40)37-27(24(19-38)20-45-31(26)37)32(41)43-28(22-15-9-5-10-16-22)23-17-11-6-12-18-23/h4-19,25-26,28,31H,20H2,1-3H3,(H,35,39)(H,36,42)/t25-,26+,31-/m0/s1. The van der Waals surface area contributed by atoms with Gasteiger partial charge in [-0.2, -0.15) is 0 Å². The largest absolute Gasteiger partial charge is 0.448 e. The Morgan fingerprint density at radius 2 is 1.42 bits per heavy atom. The van der Waals surface area contributed by atoms with E-state index in [1.165, 1.54) is 16.7 Å². The second-order valence-corrected chi connectivity index (χ2v) is 12.6. The molecule has 0 aromatic heterocycles. The van der Waals surface area contributed by atoms with Crippen LogP contribution in [0.2, 0.25) is 0 Å². The van der Waals surface area contributed by atoms with Crippen LogP contribution in [0.15, 0.2) is 102 Å². The van der Waals surface area contributed by atoms with Crippen LogP contribution in [0.4, 0.5) is 4.79 Å². The zero-order valence-electron chi connectivity index (χ0n) is 25.0. The number of hydrogen-bond acceptors (Lipinski definition) is 8. The number of β-lactam (4-membered cyclic amide) rings is 1. The molecule has 3 atom stereocenters. The third-order valence-corrected chi connectivity index (χ3v) is 8.42. The molecule has 2 heterocycles. The Morgan fingerprint density at radius 1 is 0.889 bits per heavy atom. The van der Waals surface area contributed by atoms with Crippen LogP contribution in [0, 0.1) is 0 Å². The maximum absolute atomic E-state index is 13.7. The lowest BCUT2D eigenvalue weighted by Crippen LogP contribution is -2.71. The summed E-state index contributed by atoms with van der Waals surface area (Å²) < 4.78 is 11.3. The number of aldehydes is 1. The van der Waals surface area contributed by atoms with Crippen molar-refractivity contribution in [2.24, 2.45) is 0 Å². The summed E-state index contributed by atoms with van der Waals surface area (Å²) in [5, 5.41) is 4.65. The van der Waals surface area contributed by atoms with Crippen LogP contribution in [0.3, 0.4) is 0 Å². The van der Waals surface area contributed by atoms with Crippen LogP contribution < -0.4 is 10.6 Å². The van der Waals surface area contributed by atoms with E-state index in [9.17, 15) is 24.0 Å². The summed E-state index contributed by atoms with van der Waals surface area (Å²) in [5.74, 6) is -1.90. The molecular formula is C34H33N3O7S. The summed E-state index contributed by atoms with van der Waals surface area (Å²) in [6.07, 6.45) is -1.03. The van der Waals surface area contributed by atoms with Gasteiger partial charge in [-0.05, 0) is 37.5 Å². The fourth-order valence-corrected chi connectivity index (χ4v) is 6.37. The van der Waals surface area contributed by atoms with Gasteiger partial charge < -0.3 is 20.1 Å². The third kappa shape index (κ3) is 7.09. The Labute approximate surface area is 265 Å². The second kappa shape index (κ2) is 13.4. The highest BCUT2D eigenvalue weighted by Gasteiger charge is 2.55. The molecule has 45 heavy (non-hydrogen) atoms. The van der Waals surface area contributed by atoms with E-state index < -0.39 is 53.0 Å². The molecular weight excluding hydrogens is 594 g/mol. The number of ether oxygens (including phenoxy) is 2. The molecule has 232 valence electrons. The average molecular weight is 628 g/mol. The van der Waals surface area contributed by atoms with Crippen molar-refractivity contribution in [3.05, 3.63) is 119 Å². The number of fused-ring (bicyclic) bond motifs is 1. The minimum absolute atomic E-state index is 0.119. The van der Waals surface area contributed by atoms with E-state index in [1.54, 1.807) is 51.1 Å². The van der Waals surface area contributed by atoms with Gasteiger partial charge >= 0.3 is 12.1 Å². The summed E-state index contributed by atoms with van der Waals surface area (Å²) in [5.41, 5.74) is 1.10. The van der Waals surface area contributed by atoms with E-state index in [4.69, 9.17) is 9.47 Å². The maximum Gasteiger partial charge on any atom is 0.408 e. The van der Waals surface area contributed by atoms with Crippen LogP contribution in [-0.4, -0.2) is 57.8 Å². The van der Waals surface area contributed by atoms with Crippen LogP contribution in [0.1, 0.15) is 49.6 Å². The molecule has 1 fully saturated rings. The lowest BCUT2D eigenvalue weighted by Gasteiger charge is -2.49. The lowest BCUT2D eigenvalue weighted by molar-refractivity contribution is -0.155. The molecule has 10 nitrogen and oxygen atoms in total. The molecule has 3 aromatic carbocycles. The summed E-state index contributed by atoms with van der Waals surface area (Å²) in [6.45, 7) is 5.12. The monoisotopic (exact) mass is 627 g/mol. The van der Waals surface area contributed by atoms with E-state index in [-0.39, 0.29) is 17.0 Å². The number of amides is 3. The SMILES string of the molecule is CC(C)(C)OC(=O)N[C@H](C(=O)N[C@@H]1C(=O)N2C(C(=O)OC(c3ccccc3)c3ccccc3)=C(C=O)CS[C@@H]12)c1ccccc1. The van der Waals surface area contributed by atoms with Gasteiger partial charge in [0, 0.05) is 11.3 Å². The number of rotatable bonds is 9. The zero-order chi connectivity index (χ0) is 32.1. The number of carbonyl (C=O) groups is 5. The Morgan fingerprint density at radius 3 is 1.93 bits per heavy atom. The highest BCUT2D eigenvalue weighted by atomic mass is 32.2. The molecule has 0 radical (unpaired) electrons. The number of alkyl carbamates (subject to hydrolysis) is 1. The first-order valence-corrected chi connectivity index (χ1v) is 15.4. The molecule has 2 aliphatic heterocycles. The minimum Gasteiger partial charge on any atom is -0.448 e. The average Bonchev–Trinajstić information content (AvgIpc) is 3.04. The Kier molecular flexibility index (Phi) is 9.38. The molecule has 1 saturated heterocycles. The van der Waals surface area contributed by atoms with Crippen LogP contribution in [0.25, 0.3) is 0 Å². The predicted molar refractivity (Wildman–Crippen MR) is 167 cm³/mol. The molecule has 2 aliphatic rings. The fraction of sp³-hybridized carbons (Fsp3) is 0.265. The van der Waals surface area contributed by atoms with E-state index in [0.29, 0.717) is 11.8 Å². The number of nitrogens with one attached hydrogen (secondary N) is 2. The summed E-state index contributed by atoms with van der Waals surface area (Å²) in [7, 11) is 0. The molecule has 0 unspecified atom stereocenters. The molecule has 11 heteroatoms. The van der Waals surface area contributed by atoms with Gasteiger partial charge in [0.25, 0.3) is 5.91 Å². The highest BCUT2D eigenvalue weighted by molar-refractivity contribution is 8.00. The number of thioether (sulfide) groups is 1. The van der Waals surface area contributed by atoms with E-state index in [1.807, 2.05) is 60.7 Å². The number of nitrogens with zero attached hydrogens (tertiary/aromatic N) is 1. The van der Waals surface area contributed by atoms with Gasteiger partial charge in [0.1, 0.15) is 35.0 Å². The Bertz CT molecular complexity index is 1570. The fourth-order valence-electron chi connectivity index (χ4n) is 5.08. The van der Waals surface area contributed by atoms with Crippen molar-refractivity contribution in [3.63, 3.8) is 0 Å². The molecule has 0 spiro atoms. The van der Waals surface area contributed by atoms with E-state index >= 15 is 0 Å². The molecule has 0 aliphatic carbocycles. The predicted octanol–water partition coefficient (Wildman–Crippen LogP) is 4.44. The van der Waals surface area contributed by atoms with Gasteiger partial charge in [-0.15, -0.1) is 11.8 Å². The van der Waals surface area contributed by atoms with Crippen LogP contribution >= 0.6 is 11.8 Å². The maximum atomic E-state index is 13.7. The minimum atomic E-state index is -1.15. The number of hydrogen-bond donors (Lipinski definition) is 2. The van der Waals surface area contributed by atoms with Crippen molar-refractivity contribution in [2.75, 3.05) is 5.75 Å². The summed E-state index contributed by atoms with van der Waals surface area (Å²) in [4.78, 5) is 66.7. The zero-order valence-corrected chi connectivity index (χ0v) is 25.8. The lowest BCUT2D eigenvalue weighted by atomic mass is 10.00. The summed E-state index contributed by atoms with van der Waals surface area (Å²) in [6, 6.07) is 24.7. The van der Waals surface area contributed by atoms with Gasteiger partial charge in [-0.3, -0.25) is 19.3 Å². The molecule has 0 bridgehead atoms. The molecule has 3 amide bonds. The molecule has 5 rings (SSSR count). The Balaban J connectivity index is 1.35. The van der Waals surface area contributed by atoms with Crippen molar-refractivity contribution >= 4 is 41.9 Å². The number of benzene rings is 3. The number of esters is 1. The molecule has 2 N–H and O–H groups in total. The summed E-state index contributed by atoms with van der Waals surface area (Å²) >= 11 is 1.24. The molecule has 3 aromatic rings. The number of carbonyl (C=O) groups excluding carboxylic acids is 5. The smallest absolute Gasteiger partial charge is 0.408 e.